The van der Waals surface area contributed by atoms with Crippen LogP contribution in [0.4, 0.5) is 0 Å². The minimum absolute atomic E-state index is 0. The Kier molecular flexibility index (Phi) is 1.57. The van der Waals surface area contributed by atoms with Crippen LogP contribution in [0.5, 0.6) is 0 Å². The van der Waals surface area contributed by atoms with Gasteiger partial charge in [0.05, 0.1) is 7.11 Å². The lowest BCUT2D eigenvalue weighted by Crippen LogP contribution is -1.88. The van der Waals surface area contributed by atoms with Crippen molar-refractivity contribution in [2.45, 2.75) is 6.92 Å². The summed E-state index contributed by atoms with van der Waals surface area (Å²) in [6, 6.07) is 0. The molecule has 0 aromatic heterocycles. The maximum Gasteiger partial charge on any atom is 1.00 e. The van der Waals surface area contributed by atoms with Crippen LogP contribution in [0.1, 0.15) is 8.35 Å². The summed E-state index contributed by atoms with van der Waals surface area (Å²) in [6.45, 7) is 1.36. The number of hydrogen-bond acceptors (Lipinski definition) is 2. The van der Waals surface area contributed by atoms with Gasteiger partial charge in [-0.05, 0) is 0 Å². The molecule has 0 aromatic rings. The molecule has 0 aliphatic heterocycles. The van der Waals surface area contributed by atoms with E-state index in [1.54, 1.807) is 0 Å². The van der Waals surface area contributed by atoms with E-state index in [0.717, 1.165) is 0 Å². The van der Waals surface area contributed by atoms with Gasteiger partial charge in [0, 0.05) is 6.92 Å². The Hall–Kier alpha value is -0.530. The van der Waals surface area contributed by atoms with Crippen LogP contribution in [0.3, 0.4) is 0 Å². The van der Waals surface area contributed by atoms with Crippen molar-refractivity contribution >= 4 is 5.97 Å². The largest absolute Gasteiger partial charge is 1.00 e. The molecule has 0 aliphatic rings. The molecule has 0 aromatic carbocycles. The third-order valence-corrected chi connectivity index (χ3v) is 0.287. The van der Waals surface area contributed by atoms with Crippen molar-refractivity contribution in [2.75, 3.05) is 7.11 Å². The lowest BCUT2D eigenvalue weighted by molar-refractivity contribution is -0.137. The second kappa shape index (κ2) is 1.76. The summed E-state index contributed by atoms with van der Waals surface area (Å²) < 4.78 is 4.11. The van der Waals surface area contributed by atoms with Gasteiger partial charge in [0.15, 0.2) is 0 Å². The Labute approximate surface area is 32.2 Å². The van der Waals surface area contributed by atoms with Gasteiger partial charge < -0.3 is 4.74 Å². The van der Waals surface area contributed by atoms with Crippen LogP contribution in [0, 0.1) is 0 Å². The number of carbonyl (C=O) groups is 1. The fraction of sp³-hybridized carbons (Fsp3) is 0.667. The lowest BCUT2D eigenvalue weighted by atomic mass is 10.8. The van der Waals surface area contributed by atoms with E-state index in [2.05, 4.69) is 4.74 Å². The molecule has 0 bridgehead atoms. The highest BCUT2D eigenvalue weighted by Crippen LogP contribution is 1.60. The fourth-order valence-corrected chi connectivity index (χ4v) is 0. The number of esters is 1. The molecule has 0 spiro atoms. The van der Waals surface area contributed by atoms with Crippen molar-refractivity contribution in [3.8, 4) is 0 Å². The molecule has 0 rings (SSSR count). The summed E-state index contributed by atoms with van der Waals surface area (Å²) >= 11 is 0. The third-order valence-electron chi connectivity index (χ3n) is 0.287. The van der Waals surface area contributed by atoms with Crippen LogP contribution >= 0.6 is 0 Å². The topological polar surface area (TPSA) is 26.3 Å². The third kappa shape index (κ3) is 3.47. The molecule has 2 heteroatoms. The zero-order valence-electron chi connectivity index (χ0n) is 4.32. The highest BCUT2D eigenvalue weighted by atomic mass is 16.5. The summed E-state index contributed by atoms with van der Waals surface area (Å²) in [5.41, 5.74) is 0. The molecule has 0 fully saturated rings. The predicted octanol–water partition coefficient (Wildman–Crippen LogP) is 0.292. The van der Waals surface area contributed by atoms with Gasteiger partial charge in [-0.25, -0.2) is 0 Å². The second-order valence-corrected chi connectivity index (χ2v) is 0.696. The Balaban J connectivity index is 0. The molecule has 30 valence electrons. The van der Waals surface area contributed by atoms with Gasteiger partial charge in [-0.2, -0.15) is 0 Å². The molecule has 0 aliphatic carbocycles. The Bertz CT molecular complexity index is 44.1. The minimum atomic E-state index is -0.245. The van der Waals surface area contributed by atoms with Gasteiger partial charge in [0.1, 0.15) is 0 Å². The van der Waals surface area contributed by atoms with Crippen LogP contribution in [0.15, 0.2) is 0 Å². The second-order valence-electron chi connectivity index (χ2n) is 0.696. The van der Waals surface area contributed by atoms with Gasteiger partial charge in [0.2, 0.25) is 0 Å². The summed E-state index contributed by atoms with van der Waals surface area (Å²) in [6.07, 6.45) is 0. The first-order valence-corrected chi connectivity index (χ1v) is 1.32. The van der Waals surface area contributed by atoms with Crippen molar-refractivity contribution in [3.05, 3.63) is 0 Å². The molecule has 0 N–H and O–H groups in total. The summed E-state index contributed by atoms with van der Waals surface area (Å²) in [4.78, 5) is 9.59. The number of ether oxygens (including phenoxy) is 1. The smallest absolute Gasteiger partial charge is 0.469 e. The molecule has 0 saturated heterocycles. The van der Waals surface area contributed by atoms with E-state index in [1.807, 2.05) is 0 Å². The molecule has 0 heterocycles. The van der Waals surface area contributed by atoms with Gasteiger partial charge >= 0.3 is 7.40 Å². The van der Waals surface area contributed by atoms with Crippen LogP contribution in [0.25, 0.3) is 0 Å². The maximum absolute atomic E-state index is 9.59. The zero-order valence-corrected chi connectivity index (χ0v) is 3.32. The average molecular weight is 75.1 g/mol. The van der Waals surface area contributed by atoms with E-state index in [1.165, 1.54) is 14.0 Å². The van der Waals surface area contributed by atoms with E-state index in [4.69, 9.17) is 0 Å². The summed E-state index contributed by atoms with van der Waals surface area (Å²) in [7, 11) is 1.35. The van der Waals surface area contributed by atoms with E-state index in [0.29, 0.717) is 0 Å². The van der Waals surface area contributed by atoms with Gasteiger partial charge in [-0.3, -0.25) is 4.79 Å². The van der Waals surface area contributed by atoms with Gasteiger partial charge in [-0.15, -0.1) is 0 Å². The predicted molar refractivity (Wildman–Crippen MR) is 18.8 cm³/mol. The van der Waals surface area contributed by atoms with Crippen molar-refractivity contribution in [2.24, 2.45) is 0 Å². The molecule has 0 amide bonds. The Morgan fingerprint density at radius 2 is 2.20 bits per heavy atom. The summed E-state index contributed by atoms with van der Waals surface area (Å²) in [5.74, 6) is -0.245. The molecular weight excluding hydrogens is 68.0 g/mol. The van der Waals surface area contributed by atoms with Crippen LogP contribution in [-0.2, 0) is 9.53 Å². The van der Waals surface area contributed by atoms with E-state index < -0.39 is 0 Å². The summed E-state index contributed by atoms with van der Waals surface area (Å²) in [5, 5.41) is 0. The van der Waals surface area contributed by atoms with Crippen molar-refractivity contribution in [3.63, 3.8) is 0 Å². The van der Waals surface area contributed by atoms with Crippen LogP contribution in [-0.4, -0.2) is 13.1 Å². The molecule has 5 heavy (non-hydrogen) atoms. The first kappa shape index (κ1) is 4.47. The monoisotopic (exact) mass is 75.0 g/mol. The maximum atomic E-state index is 9.59. The van der Waals surface area contributed by atoms with Crippen molar-refractivity contribution in [1.82, 2.24) is 0 Å². The quantitative estimate of drug-likeness (QED) is 0.387. The van der Waals surface area contributed by atoms with Crippen LogP contribution < -0.4 is 0 Å². The standard InChI is InChI=1S/C3H6O2/c1-3(4)5-2/h1-2H3/p+1. The SMILES string of the molecule is COC(C)=O.[H+]. The first-order chi connectivity index (χ1) is 2.27. The number of rotatable bonds is 0. The fourth-order valence-electron chi connectivity index (χ4n) is 0. The lowest BCUT2D eigenvalue weighted by Gasteiger charge is -1.80. The molecular formula is C3H7O2+. The minimum Gasteiger partial charge on any atom is -0.469 e. The van der Waals surface area contributed by atoms with E-state index in [9.17, 15) is 4.79 Å². The first-order valence-electron chi connectivity index (χ1n) is 1.32. The molecule has 0 radical (unpaired) electrons. The number of methoxy groups -OCH3 is 1. The molecule has 0 atom stereocenters. The van der Waals surface area contributed by atoms with E-state index >= 15 is 0 Å². The van der Waals surface area contributed by atoms with Crippen LogP contribution in [0.2, 0.25) is 0 Å². The van der Waals surface area contributed by atoms with Gasteiger partial charge in [0.25, 0.3) is 0 Å². The molecule has 0 unspecified atom stereocenters. The normalized spacial score (nSPS) is 6.80. The van der Waals surface area contributed by atoms with Gasteiger partial charge in [-0.1, -0.05) is 0 Å². The number of carbonyl (C=O) groups excluding carboxylic acids is 1. The Morgan fingerprint density at radius 1 is 2.00 bits per heavy atom. The highest BCUT2D eigenvalue weighted by molar-refractivity contribution is 5.65. The van der Waals surface area contributed by atoms with E-state index in [-0.39, 0.29) is 7.40 Å². The molecule has 0 saturated carbocycles. The number of hydrogen-bond donors (Lipinski definition) is 0. The molecule has 2 nitrogen and oxygen atoms in total. The highest BCUT2D eigenvalue weighted by Gasteiger charge is 1.75. The van der Waals surface area contributed by atoms with Crippen molar-refractivity contribution < 1.29 is 11.0 Å². The Morgan fingerprint density at radius 3 is 2.20 bits per heavy atom. The average Bonchev–Trinajstić information content (AvgIpc) is 1.38. The zero-order chi connectivity index (χ0) is 4.28. The van der Waals surface area contributed by atoms with Crippen molar-refractivity contribution in [1.29, 1.82) is 0 Å².